The first kappa shape index (κ1) is 26.8. The number of thioether (sulfide) groups is 1. The van der Waals surface area contributed by atoms with Crippen LogP contribution in [0.4, 0.5) is 0 Å². The number of benzene rings is 3. The number of nitrogens with one attached hydrogen (secondary N) is 1. The van der Waals surface area contributed by atoms with Crippen LogP contribution in [0.5, 0.6) is 0 Å². The van der Waals surface area contributed by atoms with Gasteiger partial charge in [0.2, 0.25) is 11.8 Å². The van der Waals surface area contributed by atoms with E-state index in [-0.39, 0.29) is 24.4 Å². The molecule has 0 aliphatic carbocycles. The number of amides is 2. The normalized spacial score (nSPS) is 11.8. The third-order valence-corrected chi connectivity index (χ3v) is 6.97. The predicted octanol–water partition coefficient (Wildman–Crippen LogP) is 6.13. The van der Waals surface area contributed by atoms with E-state index >= 15 is 0 Å². The van der Waals surface area contributed by atoms with Crippen LogP contribution in [0, 0.1) is 0 Å². The Kier molecular flexibility index (Phi) is 10.7. The fraction of sp³-hybridized carbons (Fsp3) is 0.310. The van der Waals surface area contributed by atoms with Crippen LogP contribution >= 0.6 is 23.4 Å². The van der Waals surface area contributed by atoms with Crippen LogP contribution in [0.25, 0.3) is 0 Å². The summed E-state index contributed by atoms with van der Waals surface area (Å²) in [5.74, 6) is 1.32. The first-order valence-corrected chi connectivity index (χ1v) is 13.5. The summed E-state index contributed by atoms with van der Waals surface area (Å²) in [5.41, 5.74) is 3.07. The molecule has 0 aromatic heterocycles. The fourth-order valence-electron chi connectivity index (χ4n) is 3.81. The Morgan fingerprint density at radius 2 is 1.49 bits per heavy atom. The van der Waals surface area contributed by atoms with Crippen molar-refractivity contribution in [3.05, 3.63) is 107 Å². The number of rotatable bonds is 12. The maximum atomic E-state index is 13.6. The molecule has 3 aromatic carbocycles. The number of halogens is 1. The third-order valence-electron chi connectivity index (χ3n) is 5.57. The lowest BCUT2D eigenvalue weighted by molar-refractivity contribution is -0.141. The van der Waals surface area contributed by atoms with Gasteiger partial charge in [-0.15, -0.1) is 0 Å². The zero-order valence-electron chi connectivity index (χ0n) is 20.3. The Bertz CT molecular complexity index is 1080. The van der Waals surface area contributed by atoms with Gasteiger partial charge in [-0.1, -0.05) is 90.5 Å². The van der Waals surface area contributed by atoms with Crippen molar-refractivity contribution < 1.29 is 9.59 Å². The molecule has 2 amide bonds. The molecule has 0 unspecified atom stereocenters. The van der Waals surface area contributed by atoms with Gasteiger partial charge in [0.25, 0.3) is 0 Å². The number of carbonyl (C=O) groups is 2. The van der Waals surface area contributed by atoms with Crippen LogP contribution in [0.2, 0.25) is 5.02 Å². The highest BCUT2D eigenvalue weighted by Gasteiger charge is 2.30. The Morgan fingerprint density at radius 1 is 0.886 bits per heavy atom. The summed E-state index contributed by atoms with van der Waals surface area (Å²) in [6.45, 7) is 4.14. The maximum Gasteiger partial charge on any atom is 0.243 e. The van der Waals surface area contributed by atoms with E-state index in [1.165, 1.54) is 5.56 Å². The van der Waals surface area contributed by atoms with Gasteiger partial charge < -0.3 is 10.2 Å². The lowest BCUT2D eigenvalue weighted by atomic mass is 10.0. The molecule has 0 aliphatic heterocycles. The monoisotopic (exact) mass is 508 g/mol. The minimum atomic E-state index is -0.636. The molecule has 35 heavy (non-hydrogen) atoms. The molecule has 0 heterocycles. The molecule has 0 saturated heterocycles. The molecular weight excluding hydrogens is 476 g/mol. The van der Waals surface area contributed by atoms with Crippen molar-refractivity contribution in [3.8, 4) is 0 Å². The van der Waals surface area contributed by atoms with Gasteiger partial charge in [-0.3, -0.25) is 9.59 Å². The second-order valence-electron chi connectivity index (χ2n) is 8.77. The molecule has 0 spiro atoms. The largest absolute Gasteiger partial charge is 0.352 e. The molecule has 1 N–H and O–H groups in total. The van der Waals surface area contributed by atoms with Crippen molar-refractivity contribution in [1.29, 1.82) is 0 Å². The fourth-order valence-corrected chi connectivity index (χ4v) is 4.90. The molecule has 0 fully saturated rings. The smallest absolute Gasteiger partial charge is 0.243 e. The van der Waals surface area contributed by atoms with Crippen LogP contribution in [-0.2, 0) is 28.3 Å². The highest BCUT2D eigenvalue weighted by Crippen LogP contribution is 2.22. The second-order valence-corrected chi connectivity index (χ2v) is 10.3. The van der Waals surface area contributed by atoms with E-state index in [9.17, 15) is 9.59 Å². The van der Waals surface area contributed by atoms with Crippen LogP contribution in [-0.4, -0.2) is 34.6 Å². The number of hydrogen-bond acceptors (Lipinski definition) is 3. The molecule has 6 heteroatoms. The van der Waals surface area contributed by atoms with E-state index in [1.54, 1.807) is 16.7 Å². The first-order valence-electron chi connectivity index (χ1n) is 11.9. The van der Waals surface area contributed by atoms with Gasteiger partial charge in [0.1, 0.15) is 6.04 Å². The maximum absolute atomic E-state index is 13.6. The van der Waals surface area contributed by atoms with Gasteiger partial charge in [0, 0.05) is 42.0 Å². The van der Waals surface area contributed by atoms with Crippen molar-refractivity contribution in [2.45, 2.75) is 51.1 Å². The van der Waals surface area contributed by atoms with Crippen LogP contribution < -0.4 is 5.32 Å². The average Bonchev–Trinajstić information content (AvgIpc) is 2.85. The Labute approximate surface area is 218 Å². The summed E-state index contributed by atoms with van der Waals surface area (Å²) in [6.07, 6.45) is 0.787. The zero-order chi connectivity index (χ0) is 25.0. The Balaban J connectivity index is 1.80. The molecule has 0 bridgehead atoms. The molecule has 3 aromatic rings. The topological polar surface area (TPSA) is 49.4 Å². The second kappa shape index (κ2) is 14.0. The van der Waals surface area contributed by atoms with Crippen LogP contribution in [0.15, 0.2) is 84.9 Å². The summed E-state index contributed by atoms with van der Waals surface area (Å²) in [6, 6.07) is 26.9. The van der Waals surface area contributed by atoms with E-state index in [0.717, 1.165) is 16.9 Å². The van der Waals surface area contributed by atoms with E-state index in [2.05, 4.69) is 17.4 Å². The zero-order valence-corrected chi connectivity index (χ0v) is 21.9. The standard InChI is InChI=1S/C29H33ClN2O2S/c1-22(2)31-29(34)27(19-23-11-5-3-6-12-23)32(20-25-15-9-10-16-26(25)30)28(33)17-18-35-21-24-13-7-4-8-14-24/h3-16,22,27H,17-21H2,1-2H3,(H,31,34)/t27-/m1/s1. The Morgan fingerprint density at radius 3 is 2.11 bits per heavy atom. The molecule has 184 valence electrons. The number of nitrogens with zero attached hydrogens (tertiary/aromatic N) is 1. The summed E-state index contributed by atoms with van der Waals surface area (Å²) < 4.78 is 0. The van der Waals surface area contributed by atoms with Gasteiger partial charge in [-0.25, -0.2) is 0 Å². The van der Waals surface area contributed by atoms with Gasteiger partial charge in [0.15, 0.2) is 0 Å². The van der Waals surface area contributed by atoms with Crippen molar-refractivity contribution >= 4 is 35.2 Å². The highest BCUT2D eigenvalue weighted by molar-refractivity contribution is 7.98. The summed E-state index contributed by atoms with van der Waals surface area (Å²) in [7, 11) is 0. The lowest BCUT2D eigenvalue weighted by Crippen LogP contribution is -2.51. The van der Waals surface area contributed by atoms with E-state index in [1.807, 2.05) is 86.6 Å². The molecule has 1 atom stereocenters. The van der Waals surface area contributed by atoms with Gasteiger partial charge in [0.05, 0.1) is 0 Å². The summed E-state index contributed by atoms with van der Waals surface area (Å²) >= 11 is 8.18. The quantitative estimate of drug-likeness (QED) is 0.299. The first-order chi connectivity index (χ1) is 16.9. The van der Waals surface area contributed by atoms with E-state index in [0.29, 0.717) is 23.6 Å². The number of carbonyl (C=O) groups excluding carboxylic acids is 2. The number of hydrogen-bond donors (Lipinski definition) is 1. The average molecular weight is 509 g/mol. The van der Waals surface area contributed by atoms with Gasteiger partial charge >= 0.3 is 0 Å². The molecule has 4 nitrogen and oxygen atoms in total. The van der Waals surface area contributed by atoms with Crippen molar-refractivity contribution in [3.63, 3.8) is 0 Å². The summed E-state index contributed by atoms with van der Waals surface area (Å²) in [4.78, 5) is 28.6. The molecule has 0 aliphatic rings. The minimum Gasteiger partial charge on any atom is -0.352 e. The van der Waals surface area contributed by atoms with Gasteiger partial charge in [-0.2, -0.15) is 11.8 Å². The molecule has 0 saturated carbocycles. The molecular formula is C29H33ClN2O2S. The van der Waals surface area contributed by atoms with Crippen molar-refractivity contribution in [2.24, 2.45) is 0 Å². The van der Waals surface area contributed by atoms with E-state index < -0.39 is 6.04 Å². The van der Waals surface area contributed by atoms with Crippen LogP contribution in [0.3, 0.4) is 0 Å². The summed E-state index contributed by atoms with van der Waals surface area (Å²) in [5, 5.41) is 3.61. The van der Waals surface area contributed by atoms with Crippen molar-refractivity contribution in [1.82, 2.24) is 10.2 Å². The molecule has 0 radical (unpaired) electrons. The Hall–Kier alpha value is -2.76. The third kappa shape index (κ3) is 8.75. The lowest BCUT2D eigenvalue weighted by Gasteiger charge is -2.32. The van der Waals surface area contributed by atoms with Crippen LogP contribution in [0.1, 0.15) is 37.0 Å². The SMILES string of the molecule is CC(C)NC(=O)[C@@H](Cc1ccccc1)N(Cc1ccccc1Cl)C(=O)CCSCc1ccccc1. The highest BCUT2D eigenvalue weighted by atomic mass is 35.5. The molecule has 3 rings (SSSR count). The van der Waals surface area contributed by atoms with Gasteiger partial charge in [-0.05, 0) is 36.6 Å². The van der Waals surface area contributed by atoms with Crippen molar-refractivity contribution in [2.75, 3.05) is 5.75 Å². The van der Waals surface area contributed by atoms with E-state index in [4.69, 9.17) is 11.6 Å². The minimum absolute atomic E-state index is 0.0283. The predicted molar refractivity (Wildman–Crippen MR) is 146 cm³/mol.